The van der Waals surface area contributed by atoms with Crippen LogP contribution in [0.1, 0.15) is 41.1 Å². The van der Waals surface area contributed by atoms with Crippen LogP contribution in [-0.4, -0.2) is 17.1 Å². The lowest BCUT2D eigenvalue weighted by Crippen LogP contribution is -2.36. The van der Waals surface area contributed by atoms with Crippen molar-refractivity contribution in [2.75, 3.05) is 12.4 Å². The Morgan fingerprint density at radius 3 is 2.74 bits per heavy atom. The van der Waals surface area contributed by atoms with Crippen LogP contribution < -0.4 is 5.32 Å². The lowest BCUT2D eigenvalue weighted by Gasteiger charge is -2.35. The van der Waals surface area contributed by atoms with Crippen molar-refractivity contribution in [1.29, 1.82) is 0 Å². The molecule has 0 spiro atoms. The summed E-state index contributed by atoms with van der Waals surface area (Å²) in [5, 5.41) is 4.23. The molecule has 1 atom stereocenters. The van der Waals surface area contributed by atoms with Gasteiger partial charge in [-0.15, -0.1) is 0 Å². The van der Waals surface area contributed by atoms with Gasteiger partial charge >= 0.3 is 0 Å². The highest BCUT2D eigenvalue weighted by Gasteiger charge is 2.25. The first-order valence-electron chi connectivity index (χ1n) is 8.25. The molecule has 3 rings (SSSR count). The molecule has 2 aromatic carbocycles. The normalized spacial score (nSPS) is 16.6. The Kier molecular flexibility index (Phi) is 4.67. The molecule has 0 saturated heterocycles. The van der Waals surface area contributed by atoms with Crippen molar-refractivity contribution in [1.82, 2.24) is 4.90 Å². The Hall–Kier alpha value is -1.87. The minimum atomic E-state index is 0.366. The van der Waals surface area contributed by atoms with Gasteiger partial charge in [0.1, 0.15) is 0 Å². The van der Waals surface area contributed by atoms with Gasteiger partial charge in [-0.25, -0.2) is 0 Å². The average Bonchev–Trinajstić information content (AvgIpc) is 2.57. The van der Waals surface area contributed by atoms with Crippen molar-refractivity contribution in [3.8, 4) is 0 Å². The summed E-state index contributed by atoms with van der Waals surface area (Å²) in [5.74, 6) is 0. The van der Waals surface area contributed by atoms with E-state index in [0.29, 0.717) is 6.04 Å². The quantitative estimate of drug-likeness (QED) is 0.782. The zero-order chi connectivity index (χ0) is 16.4. The van der Waals surface area contributed by atoms with Crippen molar-refractivity contribution < 1.29 is 0 Å². The molecule has 23 heavy (non-hydrogen) atoms. The monoisotopic (exact) mass is 324 g/mol. The second kappa shape index (κ2) is 6.71. The van der Waals surface area contributed by atoms with E-state index in [1.807, 2.05) is 0 Å². The molecule has 1 N–H and O–H groups in total. The number of anilines is 1. The molecular weight excluding hydrogens is 300 g/mol. The first-order valence-corrected chi connectivity index (χ1v) is 8.66. The highest BCUT2D eigenvalue weighted by atomic mass is 32.1. The van der Waals surface area contributed by atoms with Crippen LogP contribution in [0.2, 0.25) is 0 Å². The number of aryl methyl sites for hydroxylation is 2. The van der Waals surface area contributed by atoms with E-state index >= 15 is 0 Å². The summed E-state index contributed by atoms with van der Waals surface area (Å²) in [6.45, 7) is 4.26. The van der Waals surface area contributed by atoms with Gasteiger partial charge in [-0.05, 0) is 73.6 Å². The van der Waals surface area contributed by atoms with Gasteiger partial charge in [0.25, 0.3) is 0 Å². The topological polar surface area (TPSA) is 15.3 Å². The van der Waals surface area contributed by atoms with E-state index in [-0.39, 0.29) is 0 Å². The van der Waals surface area contributed by atoms with Crippen molar-refractivity contribution in [2.24, 2.45) is 0 Å². The molecule has 2 aromatic rings. The minimum Gasteiger partial charge on any atom is -0.345 e. The molecular formula is C20H24N2S. The zero-order valence-electron chi connectivity index (χ0n) is 14.1. The smallest absolute Gasteiger partial charge is 0.173 e. The van der Waals surface area contributed by atoms with Crippen molar-refractivity contribution >= 4 is 23.0 Å². The lowest BCUT2D eigenvalue weighted by molar-refractivity contribution is 0.336. The summed E-state index contributed by atoms with van der Waals surface area (Å²) >= 11 is 5.69. The van der Waals surface area contributed by atoms with Gasteiger partial charge < -0.3 is 10.2 Å². The molecule has 0 saturated carbocycles. The molecule has 1 aliphatic rings. The molecule has 0 radical (unpaired) electrons. The maximum absolute atomic E-state index is 5.69. The van der Waals surface area contributed by atoms with Gasteiger partial charge in [-0.2, -0.15) is 0 Å². The van der Waals surface area contributed by atoms with E-state index in [9.17, 15) is 0 Å². The highest BCUT2D eigenvalue weighted by molar-refractivity contribution is 7.80. The number of rotatable bonds is 2. The van der Waals surface area contributed by atoms with Gasteiger partial charge in [0.2, 0.25) is 0 Å². The highest BCUT2D eigenvalue weighted by Crippen LogP contribution is 2.33. The fourth-order valence-electron chi connectivity index (χ4n) is 3.36. The molecule has 0 fully saturated rings. The van der Waals surface area contributed by atoms with E-state index in [4.69, 9.17) is 12.2 Å². The van der Waals surface area contributed by atoms with Crippen LogP contribution in [0.15, 0.2) is 42.5 Å². The number of hydrogen-bond donors (Lipinski definition) is 1. The van der Waals surface area contributed by atoms with Crippen molar-refractivity contribution in [3.63, 3.8) is 0 Å². The first kappa shape index (κ1) is 16.0. The molecule has 0 amide bonds. The van der Waals surface area contributed by atoms with Crippen LogP contribution in [0.25, 0.3) is 0 Å². The number of benzene rings is 2. The van der Waals surface area contributed by atoms with E-state index in [0.717, 1.165) is 17.2 Å². The summed E-state index contributed by atoms with van der Waals surface area (Å²) in [6.07, 6.45) is 3.55. The minimum absolute atomic E-state index is 0.366. The van der Waals surface area contributed by atoms with E-state index in [1.54, 1.807) is 0 Å². The average molecular weight is 324 g/mol. The number of thiocarbonyl (C=S) groups is 1. The Bertz CT molecular complexity index is 723. The lowest BCUT2D eigenvalue weighted by atomic mass is 9.87. The number of nitrogens with zero attached hydrogens (tertiary/aromatic N) is 1. The molecule has 0 aliphatic heterocycles. The van der Waals surface area contributed by atoms with Crippen molar-refractivity contribution in [2.45, 2.75) is 39.2 Å². The van der Waals surface area contributed by atoms with Gasteiger partial charge in [0.05, 0.1) is 6.04 Å². The molecule has 3 heteroatoms. The molecule has 120 valence electrons. The van der Waals surface area contributed by atoms with Gasteiger partial charge in [0.15, 0.2) is 5.11 Å². The molecule has 0 unspecified atom stereocenters. The predicted molar refractivity (Wildman–Crippen MR) is 102 cm³/mol. The number of nitrogens with one attached hydrogen (secondary N) is 1. The standard InChI is InChI=1S/C20H24N2S/c1-14-8-6-12-18(15(14)2)21-20(23)22(3)19-13-7-10-16-9-4-5-11-17(16)19/h4-6,8-9,11-12,19H,7,10,13H2,1-3H3,(H,21,23)/t19-/m0/s1. The maximum Gasteiger partial charge on any atom is 0.173 e. The van der Waals surface area contributed by atoms with E-state index < -0.39 is 0 Å². The molecule has 1 aliphatic carbocycles. The Labute approximate surface area is 144 Å². The number of hydrogen-bond acceptors (Lipinski definition) is 1. The summed E-state index contributed by atoms with van der Waals surface area (Å²) in [5.41, 5.74) is 6.53. The zero-order valence-corrected chi connectivity index (χ0v) is 14.9. The van der Waals surface area contributed by atoms with Gasteiger partial charge in [-0.1, -0.05) is 36.4 Å². The second-order valence-electron chi connectivity index (χ2n) is 6.40. The van der Waals surface area contributed by atoms with Gasteiger partial charge in [-0.3, -0.25) is 0 Å². The third-order valence-electron chi connectivity index (χ3n) is 4.97. The van der Waals surface area contributed by atoms with Crippen LogP contribution in [0.4, 0.5) is 5.69 Å². The maximum atomic E-state index is 5.69. The molecule has 0 bridgehead atoms. The molecule has 0 heterocycles. The molecule has 2 nitrogen and oxygen atoms in total. The SMILES string of the molecule is Cc1cccc(NC(=S)N(C)[C@H]2CCCc3ccccc32)c1C. The fourth-order valence-corrected chi connectivity index (χ4v) is 3.60. The Morgan fingerprint density at radius 1 is 1.13 bits per heavy atom. The summed E-state index contributed by atoms with van der Waals surface area (Å²) in [4.78, 5) is 2.22. The van der Waals surface area contributed by atoms with E-state index in [1.165, 1.54) is 35.1 Å². The Balaban J connectivity index is 1.80. The summed E-state index contributed by atoms with van der Waals surface area (Å²) in [7, 11) is 2.10. The largest absolute Gasteiger partial charge is 0.345 e. The summed E-state index contributed by atoms with van der Waals surface area (Å²) in [6, 6.07) is 15.4. The van der Waals surface area contributed by atoms with Crippen LogP contribution in [0, 0.1) is 13.8 Å². The van der Waals surface area contributed by atoms with Gasteiger partial charge in [0, 0.05) is 12.7 Å². The van der Waals surface area contributed by atoms with Crippen LogP contribution in [0.3, 0.4) is 0 Å². The first-order chi connectivity index (χ1) is 11.1. The fraction of sp³-hybridized carbons (Fsp3) is 0.350. The van der Waals surface area contributed by atoms with Crippen LogP contribution in [0.5, 0.6) is 0 Å². The predicted octanol–water partition coefficient (Wildman–Crippen LogP) is 5.01. The second-order valence-corrected chi connectivity index (χ2v) is 6.78. The van der Waals surface area contributed by atoms with Crippen LogP contribution in [-0.2, 0) is 6.42 Å². The van der Waals surface area contributed by atoms with Crippen molar-refractivity contribution in [3.05, 3.63) is 64.7 Å². The third-order valence-corrected chi connectivity index (χ3v) is 5.36. The van der Waals surface area contributed by atoms with Crippen LogP contribution >= 0.6 is 12.2 Å². The number of fused-ring (bicyclic) bond motifs is 1. The molecule has 0 aromatic heterocycles. The van der Waals surface area contributed by atoms with E-state index in [2.05, 4.69) is 73.6 Å². The Morgan fingerprint density at radius 2 is 1.91 bits per heavy atom. The summed E-state index contributed by atoms with van der Waals surface area (Å²) < 4.78 is 0. The third kappa shape index (κ3) is 3.25.